The molecule has 0 spiro atoms. The summed E-state index contributed by atoms with van der Waals surface area (Å²) in [5.41, 5.74) is -0.918. The molecule has 2 aromatic rings. The van der Waals surface area contributed by atoms with Crippen LogP contribution in [0.2, 0.25) is 10.0 Å². The minimum atomic E-state index is -1.31. The van der Waals surface area contributed by atoms with Crippen LogP contribution in [0.5, 0.6) is 0 Å². The van der Waals surface area contributed by atoms with Crippen molar-refractivity contribution in [2.75, 3.05) is 11.9 Å². The molecule has 112 valence electrons. The average Bonchev–Trinajstić information content (AvgIpc) is 2.97. The molecule has 0 aliphatic heterocycles. The molecule has 0 aliphatic carbocycles. The minimum absolute atomic E-state index is 0.0233. The Hall–Kier alpha value is -1.69. The number of carbonyl (C=O) groups excluding carboxylic acids is 1. The van der Waals surface area contributed by atoms with E-state index in [1.54, 1.807) is 37.3 Å². The van der Waals surface area contributed by atoms with E-state index in [2.05, 4.69) is 10.6 Å². The SMILES string of the molecule is CC(O)(CNC(=O)Nc1cccc(Cl)c1Cl)c1ccco1. The molecule has 2 amide bonds. The predicted octanol–water partition coefficient (Wildman–Crippen LogP) is 3.62. The third-order valence-electron chi connectivity index (χ3n) is 2.84. The fraction of sp³-hybridized carbons (Fsp3) is 0.214. The largest absolute Gasteiger partial charge is 0.466 e. The second kappa shape index (κ2) is 6.39. The fourth-order valence-corrected chi connectivity index (χ4v) is 2.04. The molecule has 0 bridgehead atoms. The number of carbonyl (C=O) groups is 1. The van der Waals surface area contributed by atoms with Crippen LogP contribution in [0, 0.1) is 0 Å². The monoisotopic (exact) mass is 328 g/mol. The van der Waals surface area contributed by atoms with Gasteiger partial charge < -0.3 is 20.2 Å². The first-order valence-corrected chi connectivity index (χ1v) is 6.91. The predicted molar refractivity (Wildman–Crippen MR) is 81.8 cm³/mol. The molecule has 1 aromatic carbocycles. The number of benzene rings is 1. The molecular formula is C14H14Cl2N2O3. The van der Waals surface area contributed by atoms with Crippen LogP contribution in [0.1, 0.15) is 12.7 Å². The van der Waals surface area contributed by atoms with Crippen LogP contribution in [-0.4, -0.2) is 17.7 Å². The maximum absolute atomic E-state index is 11.8. The van der Waals surface area contributed by atoms with Crippen LogP contribution >= 0.6 is 23.2 Å². The lowest BCUT2D eigenvalue weighted by molar-refractivity contribution is 0.0372. The Bertz CT molecular complexity index is 627. The van der Waals surface area contributed by atoms with Gasteiger partial charge in [0.15, 0.2) is 0 Å². The number of aliphatic hydroxyl groups is 1. The van der Waals surface area contributed by atoms with E-state index in [-0.39, 0.29) is 11.6 Å². The second-order valence-electron chi connectivity index (χ2n) is 4.66. The molecule has 1 heterocycles. The summed E-state index contributed by atoms with van der Waals surface area (Å²) in [7, 11) is 0. The van der Waals surface area contributed by atoms with Gasteiger partial charge in [-0.15, -0.1) is 0 Å². The Morgan fingerprint density at radius 1 is 1.33 bits per heavy atom. The normalized spacial score (nSPS) is 13.5. The van der Waals surface area contributed by atoms with Crippen molar-refractivity contribution in [1.82, 2.24) is 5.32 Å². The van der Waals surface area contributed by atoms with Crippen LogP contribution in [0.4, 0.5) is 10.5 Å². The van der Waals surface area contributed by atoms with Gasteiger partial charge in [0.25, 0.3) is 0 Å². The van der Waals surface area contributed by atoms with Gasteiger partial charge in [0.1, 0.15) is 11.4 Å². The van der Waals surface area contributed by atoms with Crippen molar-refractivity contribution < 1.29 is 14.3 Å². The molecule has 5 nitrogen and oxygen atoms in total. The molecule has 1 atom stereocenters. The highest BCUT2D eigenvalue weighted by Gasteiger charge is 2.26. The zero-order valence-corrected chi connectivity index (χ0v) is 12.7. The van der Waals surface area contributed by atoms with Gasteiger partial charge in [-0.05, 0) is 31.2 Å². The molecule has 0 fully saturated rings. The molecule has 2 rings (SSSR count). The van der Waals surface area contributed by atoms with Gasteiger partial charge in [-0.25, -0.2) is 4.79 Å². The first-order chi connectivity index (χ1) is 9.90. The maximum Gasteiger partial charge on any atom is 0.319 e. The fourth-order valence-electron chi connectivity index (χ4n) is 1.69. The Morgan fingerprint density at radius 3 is 2.76 bits per heavy atom. The molecule has 1 unspecified atom stereocenters. The molecule has 0 radical (unpaired) electrons. The van der Waals surface area contributed by atoms with Crippen LogP contribution in [0.25, 0.3) is 0 Å². The number of furan rings is 1. The zero-order valence-electron chi connectivity index (χ0n) is 11.2. The van der Waals surface area contributed by atoms with Crippen LogP contribution in [0.15, 0.2) is 41.0 Å². The first kappa shape index (κ1) is 15.7. The Labute approximate surface area is 131 Å². The van der Waals surface area contributed by atoms with Gasteiger partial charge in [0.05, 0.1) is 28.5 Å². The number of halogens is 2. The topological polar surface area (TPSA) is 74.5 Å². The highest BCUT2D eigenvalue weighted by atomic mass is 35.5. The molecule has 0 aliphatic rings. The summed E-state index contributed by atoms with van der Waals surface area (Å²) in [5.74, 6) is 0.364. The third-order valence-corrected chi connectivity index (χ3v) is 3.66. The van der Waals surface area contributed by atoms with E-state index in [0.29, 0.717) is 16.5 Å². The van der Waals surface area contributed by atoms with E-state index in [4.69, 9.17) is 27.6 Å². The van der Waals surface area contributed by atoms with Crippen LogP contribution in [0.3, 0.4) is 0 Å². The smallest absolute Gasteiger partial charge is 0.319 e. The Balaban J connectivity index is 1.95. The quantitative estimate of drug-likeness (QED) is 0.802. The van der Waals surface area contributed by atoms with E-state index in [1.165, 1.54) is 6.26 Å². The lowest BCUT2D eigenvalue weighted by atomic mass is 10.0. The number of anilines is 1. The van der Waals surface area contributed by atoms with E-state index in [9.17, 15) is 9.90 Å². The number of amides is 2. The van der Waals surface area contributed by atoms with Crippen molar-refractivity contribution in [2.24, 2.45) is 0 Å². The number of hydrogen-bond acceptors (Lipinski definition) is 3. The van der Waals surface area contributed by atoms with Gasteiger partial charge >= 0.3 is 6.03 Å². The van der Waals surface area contributed by atoms with E-state index in [0.717, 1.165) is 0 Å². The lowest BCUT2D eigenvalue weighted by Crippen LogP contribution is -2.40. The summed E-state index contributed by atoms with van der Waals surface area (Å²) in [4.78, 5) is 11.8. The minimum Gasteiger partial charge on any atom is -0.466 e. The van der Waals surface area contributed by atoms with Crippen molar-refractivity contribution in [3.8, 4) is 0 Å². The van der Waals surface area contributed by atoms with Crippen LogP contribution in [-0.2, 0) is 5.60 Å². The first-order valence-electron chi connectivity index (χ1n) is 6.15. The molecule has 0 saturated heterocycles. The van der Waals surface area contributed by atoms with Crippen molar-refractivity contribution in [2.45, 2.75) is 12.5 Å². The summed E-state index contributed by atoms with van der Waals surface area (Å²) in [6, 6.07) is 7.70. The molecule has 1 aromatic heterocycles. The molecule has 7 heteroatoms. The number of urea groups is 1. The van der Waals surface area contributed by atoms with Crippen molar-refractivity contribution in [3.63, 3.8) is 0 Å². The van der Waals surface area contributed by atoms with Gasteiger partial charge in [0, 0.05) is 0 Å². The summed E-state index contributed by atoms with van der Waals surface area (Å²) in [5, 5.41) is 15.9. The lowest BCUT2D eigenvalue weighted by Gasteiger charge is -2.21. The zero-order chi connectivity index (χ0) is 15.5. The molecular weight excluding hydrogens is 315 g/mol. The highest BCUT2D eigenvalue weighted by molar-refractivity contribution is 6.43. The molecule has 0 saturated carbocycles. The molecule has 21 heavy (non-hydrogen) atoms. The van der Waals surface area contributed by atoms with E-state index in [1.807, 2.05) is 0 Å². The average molecular weight is 329 g/mol. The van der Waals surface area contributed by atoms with Gasteiger partial charge in [0.2, 0.25) is 0 Å². The van der Waals surface area contributed by atoms with Gasteiger partial charge in [-0.2, -0.15) is 0 Å². The number of rotatable bonds is 4. The summed E-state index contributed by atoms with van der Waals surface area (Å²) >= 11 is 11.8. The van der Waals surface area contributed by atoms with E-state index < -0.39 is 11.6 Å². The highest BCUT2D eigenvalue weighted by Crippen LogP contribution is 2.29. The van der Waals surface area contributed by atoms with Gasteiger partial charge in [-0.3, -0.25) is 0 Å². The van der Waals surface area contributed by atoms with Crippen LogP contribution < -0.4 is 10.6 Å². The summed E-state index contributed by atoms with van der Waals surface area (Å²) in [6.45, 7) is 1.52. The van der Waals surface area contributed by atoms with Gasteiger partial charge in [-0.1, -0.05) is 29.3 Å². The van der Waals surface area contributed by atoms with Crippen molar-refractivity contribution in [1.29, 1.82) is 0 Å². The summed E-state index contributed by atoms with van der Waals surface area (Å²) in [6.07, 6.45) is 1.45. The Kier molecular flexibility index (Phi) is 4.77. The van der Waals surface area contributed by atoms with Crippen molar-refractivity contribution >= 4 is 34.9 Å². The maximum atomic E-state index is 11.8. The van der Waals surface area contributed by atoms with Crippen molar-refractivity contribution in [3.05, 3.63) is 52.4 Å². The van der Waals surface area contributed by atoms with E-state index >= 15 is 0 Å². The Morgan fingerprint density at radius 2 is 2.10 bits per heavy atom. The molecule has 3 N–H and O–H groups in total. The number of nitrogens with one attached hydrogen (secondary N) is 2. The number of hydrogen-bond donors (Lipinski definition) is 3. The standard InChI is InChI=1S/C14H14Cl2N2O3/c1-14(20,11-6-3-7-21-11)8-17-13(19)18-10-5-2-4-9(15)12(10)16/h2-7,20H,8H2,1H3,(H2,17,18,19). The third kappa shape index (κ3) is 3.91. The summed E-state index contributed by atoms with van der Waals surface area (Å²) < 4.78 is 5.12. The second-order valence-corrected chi connectivity index (χ2v) is 5.45.